The summed E-state index contributed by atoms with van der Waals surface area (Å²) in [4.78, 5) is 56.2. The molecule has 3 fully saturated rings. The zero-order chi connectivity index (χ0) is 29.5. The fourth-order valence-electron chi connectivity index (χ4n) is 4.98. The number of morpholine rings is 1. The molecule has 11 nitrogen and oxygen atoms in total. The number of carbonyl (C=O) groups is 4. The number of para-hydroxylation sites is 2. The van der Waals surface area contributed by atoms with Crippen LogP contribution in [0.3, 0.4) is 0 Å². The molecule has 1 N–H and O–H groups in total. The Kier molecular flexibility index (Phi) is 9.65. The van der Waals surface area contributed by atoms with Gasteiger partial charge in [-0.15, -0.1) is 0 Å². The van der Waals surface area contributed by atoms with Crippen molar-refractivity contribution in [1.29, 1.82) is 0 Å². The molecule has 12 heteroatoms. The normalized spacial score (nSPS) is 18.1. The summed E-state index contributed by atoms with van der Waals surface area (Å²) in [6, 6.07) is 12.5. The molecule has 0 bridgehead atoms. The number of ether oxygens (including phenoxy) is 3. The number of nitrogens with zero attached hydrogens (tertiary/aromatic N) is 3. The van der Waals surface area contributed by atoms with Gasteiger partial charge in [0.1, 0.15) is 6.54 Å². The van der Waals surface area contributed by atoms with Crippen molar-refractivity contribution in [2.24, 2.45) is 0 Å². The molecule has 0 saturated carbocycles. The quantitative estimate of drug-likeness (QED) is 0.412. The monoisotopic (exact) mass is 594 g/mol. The van der Waals surface area contributed by atoms with Crippen molar-refractivity contribution in [1.82, 2.24) is 9.80 Å². The lowest BCUT2D eigenvalue weighted by molar-refractivity contribution is -0.132. The van der Waals surface area contributed by atoms with Gasteiger partial charge in [-0.05, 0) is 67.4 Å². The number of hydrogen-bond donors (Lipinski definition) is 1. The van der Waals surface area contributed by atoms with E-state index < -0.39 is 23.6 Å². The lowest BCUT2D eigenvalue weighted by Crippen LogP contribution is -2.38. The molecule has 3 aliphatic rings. The second-order valence-corrected chi connectivity index (χ2v) is 10.9. The predicted octanol–water partition coefficient (Wildman–Crippen LogP) is 3.60. The summed E-state index contributed by atoms with van der Waals surface area (Å²) < 4.78 is 16.9. The highest BCUT2D eigenvalue weighted by molar-refractivity contribution is 8.18. The number of benzene rings is 2. The van der Waals surface area contributed by atoms with Crippen LogP contribution in [0.25, 0.3) is 6.08 Å². The van der Waals surface area contributed by atoms with E-state index in [1.54, 1.807) is 35.2 Å². The predicted molar refractivity (Wildman–Crippen MR) is 160 cm³/mol. The van der Waals surface area contributed by atoms with Crippen molar-refractivity contribution >= 4 is 52.2 Å². The number of thioether (sulfide) groups is 1. The average molecular weight is 595 g/mol. The van der Waals surface area contributed by atoms with Gasteiger partial charge in [-0.1, -0.05) is 18.2 Å². The van der Waals surface area contributed by atoms with Gasteiger partial charge in [0.05, 0.1) is 36.1 Å². The molecule has 2 aromatic carbocycles. The third-order valence-corrected chi connectivity index (χ3v) is 7.99. The molecule has 0 radical (unpaired) electrons. The van der Waals surface area contributed by atoms with E-state index in [1.165, 1.54) is 0 Å². The van der Waals surface area contributed by atoms with Crippen molar-refractivity contribution < 1.29 is 33.4 Å². The lowest BCUT2D eigenvalue weighted by Gasteiger charge is -2.30. The van der Waals surface area contributed by atoms with Gasteiger partial charge in [0.2, 0.25) is 5.91 Å². The fraction of sp³-hybridized carbons (Fsp3) is 0.400. The first-order valence-electron chi connectivity index (χ1n) is 14.1. The number of hydrogen-bond acceptors (Lipinski definition) is 9. The maximum Gasteiger partial charge on any atom is 0.294 e. The van der Waals surface area contributed by atoms with Crippen LogP contribution in [0.4, 0.5) is 16.2 Å². The fourth-order valence-corrected chi connectivity index (χ4v) is 5.82. The molecule has 5 rings (SSSR count). The molecule has 0 unspecified atom stereocenters. The second kappa shape index (κ2) is 13.8. The summed E-state index contributed by atoms with van der Waals surface area (Å²) in [6.45, 7) is 5.83. The molecular weight excluding hydrogens is 560 g/mol. The Labute approximate surface area is 248 Å². The Morgan fingerprint density at radius 1 is 1.00 bits per heavy atom. The zero-order valence-corrected chi connectivity index (χ0v) is 24.3. The Hall–Kier alpha value is -4.03. The summed E-state index contributed by atoms with van der Waals surface area (Å²) in [5.41, 5.74) is 2.09. The molecule has 3 heterocycles. The van der Waals surface area contributed by atoms with E-state index in [9.17, 15) is 19.2 Å². The molecule has 3 aliphatic heterocycles. The summed E-state index contributed by atoms with van der Waals surface area (Å²) >= 11 is 0.777. The van der Waals surface area contributed by atoms with E-state index in [4.69, 9.17) is 14.2 Å². The third-order valence-electron chi connectivity index (χ3n) is 7.08. The van der Waals surface area contributed by atoms with Crippen molar-refractivity contribution in [2.75, 3.05) is 69.4 Å². The Bertz CT molecular complexity index is 1370. The van der Waals surface area contributed by atoms with Crippen molar-refractivity contribution in [3.8, 4) is 11.5 Å². The van der Waals surface area contributed by atoms with E-state index in [-0.39, 0.29) is 17.4 Å². The number of amides is 4. The Morgan fingerprint density at radius 3 is 2.52 bits per heavy atom. The van der Waals surface area contributed by atoms with Gasteiger partial charge in [0, 0.05) is 26.2 Å². The Balaban J connectivity index is 1.23. The minimum atomic E-state index is -0.545. The highest BCUT2D eigenvalue weighted by Gasteiger charge is 2.36. The van der Waals surface area contributed by atoms with Crippen LogP contribution in [-0.4, -0.2) is 91.9 Å². The first-order valence-corrected chi connectivity index (χ1v) is 14.9. The summed E-state index contributed by atoms with van der Waals surface area (Å²) in [5.74, 6) is -0.234. The number of anilines is 2. The number of rotatable bonds is 10. The van der Waals surface area contributed by atoms with E-state index in [1.807, 2.05) is 25.1 Å². The molecule has 42 heavy (non-hydrogen) atoms. The Morgan fingerprint density at radius 2 is 1.76 bits per heavy atom. The first kappa shape index (κ1) is 29.5. The lowest BCUT2D eigenvalue weighted by atomic mass is 10.2. The van der Waals surface area contributed by atoms with Crippen LogP contribution in [0, 0.1) is 0 Å². The van der Waals surface area contributed by atoms with Gasteiger partial charge in [-0.25, -0.2) is 0 Å². The maximum atomic E-state index is 13.1. The van der Waals surface area contributed by atoms with E-state index in [0.717, 1.165) is 48.3 Å². The van der Waals surface area contributed by atoms with E-state index >= 15 is 0 Å². The van der Waals surface area contributed by atoms with Gasteiger partial charge < -0.3 is 29.3 Å². The van der Waals surface area contributed by atoms with Crippen molar-refractivity contribution in [3.05, 3.63) is 52.9 Å². The molecule has 0 atom stereocenters. The molecule has 0 aliphatic carbocycles. The molecular formula is C30H34N4O7S. The second-order valence-electron chi connectivity index (χ2n) is 9.95. The SMILES string of the molecule is CCOc1cc(/C=C2\SC(=O)N(CC(=O)Nc3ccccc3N3CCOCC3)C2=O)ccc1OCC(=O)N1CCCC1. The molecule has 0 spiro atoms. The van der Waals surface area contributed by atoms with Gasteiger partial charge in [-0.3, -0.25) is 24.1 Å². The van der Waals surface area contributed by atoms with Gasteiger partial charge in [0.15, 0.2) is 18.1 Å². The van der Waals surface area contributed by atoms with E-state index in [2.05, 4.69) is 10.2 Å². The highest BCUT2D eigenvalue weighted by atomic mass is 32.2. The molecule has 0 aromatic heterocycles. The minimum absolute atomic E-state index is 0.0682. The minimum Gasteiger partial charge on any atom is -0.490 e. The van der Waals surface area contributed by atoms with Crippen molar-refractivity contribution in [3.63, 3.8) is 0 Å². The molecule has 3 saturated heterocycles. The average Bonchev–Trinajstić information content (AvgIpc) is 3.63. The van der Waals surface area contributed by atoms with E-state index in [0.29, 0.717) is 55.7 Å². The summed E-state index contributed by atoms with van der Waals surface area (Å²) in [7, 11) is 0. The van der Waals surface area contributed by atoms with Crippen LogP contribution >= 0.6 is 11.8 Å². The largest absolute Gasteiger partial charge is 0.490 e. The van der Waals surface area contributed by atoms with Crippen molar-refractivity contribution in [2.45, 2.75) is 19.8 Å². The molecule has 2 aromatic rings. The van der Waals surface area contributed by atoms with Crippen LogP contribution in [-0.2, 0) is 19.1 Å². The highest BCUT2D eigenvalue weighted by Crippen LogP contribution is 2.35. The molecule has 222 valence electrons. The number of likely N-dealkylation sites (tertiary alicyclic amines) is 1. The van der Waals surface area contributed by atoms with Crippen LogP contribution in [0.5, 0.6) is 11.5 Å². The zero-order valence-electron chi connectivity index (χ0n) is 23.5. The van der Waals surface area contributed by atoms with Gasteiger partial charge in [-0.2, -0.15) is 0 Å². The topological polar surface area (TPSA) is 118 Å². The van der Waals surface area contributed by atoms with Crippen LogP contribution < -0.4 is 19.7 Å². The van der Waals surface area contributed by atoms with Gasteiger partial charge >= 0.3 is 0 Å². The maximum absolute atomic E-state index is 13.1. The first-order chi connectivity index (χ1) is 20.4. The van der Waals surface area contributed by atoms with Crippen LogP contribution in [0.15, 0.2) is 47.4 Å². The van der Waals surface area contributed by atoms with Gasteiger partial charge in [0.25, 0.3) is 17.1 Å². The third kappa shape index (κ3) is 7.05. The number of nitrogens with one attached hydrogen (secondary N) is 1. The summed E-state index contributed by atoms with van der Waals surface area (Å²) in [5, 5.41) is 2.33. The van der Waals surface area contributed by atoms with Crippen LogP contribution in [0.1, 0.15) is 25.3 Å². The standard InChI is InChI=1S/C30H34N4O7S/c1-2-40-25-17-21(9-10-24(25)41-20-28(36)33-11-5-6-12-33)18-26-29(37)34(30(38)42-26)19-27(35)31-22-7-3-4-8-23(22)32-13-15-39-16-14-32/h3-4,7-10,17-18H,2,5-6,11-16,19-20H2,1H3,(H,31,35)/b26-18-. The smallest absolute Gasteiger partial charge is 0.294 e. The molecule has 4 amide bonds. The number of imide groups is 1. The summed E-state index contributed by atoms with van der Waals surface area (Å²) in [6.07, 6.45) is 3.59. The number of carbonyl (C=O) groups excluding carboxylic acids is 4. The van der Waals surface area contributed by atoms with Crippen LogP contribution in [0.2, 0.25) is 0 Å².